The average Bonchev–Trinajstić information content (AvgIpc) is 3.14. The Hall–Kier alpha value is -2.78. The highest BCUT2D eigenvalue weighted by Gasteiger charge is 2.14. The summed E-state index contributed by atoms with van der Waals surface area (Å²) in [5.41, 5.74) is 1.96. The highest BCUT2D eigenvalue weighted by atomic mass is 32.2. The molecule has 0 aliphatic rings. The molecule has 0 spiro atoms. The van der Waals surface area contributed by atoms with Crippen molar-refractivity contribution in [3.05, 3.63) is 65.5 Å². The summed E-state index contributed by atoms with van der Waals surface area (Å²) in [6.45, 7) is 4.81. The van der Waals surface area contributed by atoms with Crippen molar-refractivity contribution in [3.63, 3.8) is 0 Å². The first kappa shape index (κ1) is 21.9. The number of benzene rings is 2. The maximum atomic E-state index is 12.2. The molecule has 0 unspecified atom stereocenters. The van der Waals surface area contributed by atoms with E-state index in [-0.39, 0.29) is 17.2 Å². The van der Waals surface area contributed by atoms with Gasteiger partial charge in [0.1, 0.15) is 5.82 Å². The number of anilines is 1. The molecule has 0 fully saturated rings. The molecule has 0 saturated heterocycles. The van der Waals surface area contributed by atoms with Crippen LogP contribution in [0.1, 0.15) is 28.7 Å². The molecule has 0 atom stereocenters. The van der Waals surface area contributed by atoms with Crippen molar-refractivity contribution in [1.82, 2.24) is 14.8 Å². The second kappa shape index (κ2) is 10.3. The van der Waals surface area contributed by atoms with Crippen molar-refractivity contribution in [1.29, 1.82) is 0 Å². The third-order valence-electron chi connectivity index (χ3n) is 4.25. The molecule has 0 bridgehead atoms. The van der Waals surface area contributed by atoms with Gasteiger partial charge in [-0.05, 0) is 50.2 Å². The molecule has 156 valence electrons. The van der Waals surface area contributed by atoms with E-state index < -0.39 is 5.97 Å². The Balaban J connectivity index is 1.55. The number of hydrogen-bond acceptors (Lipinski definition) is 6. The smallest absolute Gasteiger partial charge is 0.335 e. The number of aryl methyl sites for hydroxylation is 1. The standard InChI is InChI=1S/C21H22N4O3S2/c1-3-25-18(12-29-17-10-4-14(2)5-11-17)23-24-21(25)30-13-19(26)22-16-8-6-15(7-9-16)20(27)28/h4-11H,3,12-13H2,1-2H3,(H,22,26)(H,27,28). The Morgan fingerprint density at radius 3 is 2.37 bits per heavy atom. The summed E-state index contributed by atoms with van der Waals surface area (Å²) in [5, 5.41) is 20.9. The number of nitrogens with zero attached hydrogens (tertiary/aromatic N) is 3. The topological polar surface area (TPSA) is 97.1 Å². The van der Waals surface area contributed by atoms with Crippen LogP contribution in [0.5, 0.6) is 0 Å². The van der Waals surface area contributed by atoms with E-state index in [1.165, 1.54) is 34.4 Å². The van der Waals surface area contributed by atoms with Gasteiger partial charge in [0, 0.05) is 17.1 Å². The number of carboxylic acids is 1. The van der Waals surface area contributed by atoms with Gasteiger partial charge in [0.15, 0.2) is 5.16 Å². The van der Waals surface area contributed by atoms with E-state index in [1.807, 2.05) is 11.5 Å². The second-order valence-corrected chi connectivity index (χ2v) is 8.46. The summed E-state index contributed by atoms with van der Waals surface area (Å²) in [4.78, 5) is 24.3. The molecule has 3 aromatic rings. The largest absolute Gasteiger partial charge is 0.478 e. The van der Waals surface area contributed by atoms with E-state index in [0.29, 0.717) is 16.6 Å². The van der Waals surface area contributed by atoms with E-state index in [2.05, 4.69) is 46.7 Å². The molecule has 1 aromatic heterocycles. The Morgan fingerprint density at radius 2 is 1.73 bits per heavy atom. The molecule has 0 aliphatic carbocycles. The third-order valence-corrected chi connectivity index (χ3v) is 6.22. The molecule has 0 radical (unpaired) electrons. The van der Waals surface area contributed by atoms with Crippen LogP contribution in [0.15, 0.2) is 58.6 Å². The normalized spacial score (nSPS) is 10.7. The van der Waals surface area contributed by atoms with Crippen molar-refractivity contribution in [3.8, 4) is 0 Å². The number of nitrogens with one attached hydrogen (secondary N) is 1. The fourth-order valence-electron chi connectivity index (χ4n) is 2.66. The molecule has 9 heteroatoms. The van der Waals surface area contributed by atoms with E-state index in [9.17, 15) is 9.59 Å². The Morgan fingerprint density at radius 1 is 1.03 bits per heavy atom. The number of carboxylic acid groups (broad SMARTS) is 1. The van der Waals surface area contributed by atoms with Gasteiger partial charge in [-0.15, -0.1) is 22.0 Å². The number of carbonyl (C=O) groups is 2. The lowest BCUT2D eigenvalue weighted by atomic mass is 10.2. The summed E-state index contributed by atoms with van der Waals surface area (Å²) in [7, 11) is 0. The molecular weight excluding hydrogens is 420 g/mol. The lowest BCUT2D eigenvalue weighted by molar-refractivity contribution is -0.113. The van der Waals surface area contributed by atoms with Gasteiger partial charge in [0.2, 0.25) is 5.91 Å². The zero-order chi connectivity index (χ0) is 21.5. The number of aromatic nitrogens is 3. The fourth-order valence-corrected chi connectivity index (χ4v) is 4.31. The van der Waals surface area contributed by atoms with Gasteiger partial charge < -0.3 is 15.0 Å². The quantitative estimate of drug-likeness (QED) is 0.476. The first-order chi connectivity index (χ1) is 14.5. The molecule has 1 heterocycles. The van der Waals surface area contributed by atoms with Crippen LogP contribution in [-0.4, -0.2) is 37.5 Å². The number of rotatable bonds is 9. The highest BCUT2D eigenvalue weighted by Crippen LogP contribution is 2.25. The SMILES string of the molecule is CCn1c(CSc2ccc(C)cc2)nnc1SCC(=O)Nc1ccc(C(=O)O)cc1. The molecule has 0 saturated carbocycles. The fraction of sp³-hybridized carbons (Fsp3) is 0.238. The number of amides is 1. The first-order valence-corrected chi connectivity index (χ1v) is 11.3. The number of hydrogen-bond donors (Lipinski definition) is 2. The highest BCUT2D eigenvalue weighted by molar-refractivity contribution is 7.99. The van der Waals surface area contributed by atoms with Gasteiger partial charge in [-0.25, -0.2) is 4.79 Å². The van der Waals surface area contributed by atoms with Crippen molar-refractivity contribution in [2.45, 2.75) is 36.2 Å². The van der Waals surface area contributed by atoms with Crippen LogP contribution < -0.4 is 5.32 Å². The van der Waals surface area contributed by atoms with Crippen LogP contribution in [-0.2, 0) is 17.1 Å². The average molecular weight is 443 g/mol. The number of aromatic carboxylic acids is 1. The molecule has 2 aromatic carbocycles. The van der Waals surface area contributed by atoms with Crippen molar-refractivity contribution in [2.24, 2.45) is 0 Å². The summed E-state index contributed by atoms with van der Waals surface area (Å²) in [6, 6.07) is 14.4. The van der Waals surface area contributed by atoms with Crippen LogP contribution in [0, 0.1) is 6.92 Å². The minimum absolute atomic E-state index is 0.175. The van der Waals surface area contributed by atoms with Crippen LogP contribution in [0.2, 0.25) is 0 Å². The second-order valence-electron chi connectivity index (χ2n) is 6.46. The zero-order valence-electron chi connectivity index (χ0n) is 16.7. The predicted molar refractivity (Wildman–Crippen MR) is 119 cm³/mol. The Labute approximate surface area is 183 Å². The monoisotopic (exact) mass is 442 g/mol. The van der Waals surface area contributed by atoms with E-state index in [1.54, 1.807) is 23.9 Å². The minimum atomic E-state index is -1.00. The summed E-state index contributed by atoms with van der Waals surface area (Å²) in [5.74, 6) is 0.564. The summed E-state index contributed by atoms with van der Waals surface area (Å²) < 4.78 is 2.01. The molecule has 30 heavy (non-hydrogen) atoms. The van der Waals surface area contributed by atoms with Crippen LogP contribution in [0.3, 0.4) is 0 Å². The molecule has 0 aliphatic heterocycles. The summed E-state index contributed by atoms with van der Waals surface area (Å²) in [6.07, 6.45) is 0. The Kier molecular flexibility index (Phi) is 7.53. The molecule has 3 rings (SSSR count). The van der Waals surface area contributed by atoms with E-state index in [4.69, 9.17) is 5.11 Å². The zero-order valence-corrected chi connectivity index (χ0v) is 18.3. The van der Waals surface area contributed by atoms with Crippen molar-refractivity contribution in [2.75, 3.05) is 11.1 Å². The lowest BCUT2D eigenvalue weighted by Gasteiger charge is -2.08. The van der Waals surface area contributed by atoms with Crippen molar-refractivity contribution < 1.29 is 14.7 Å². The van der Waals surface area contributed by atoms with Gasteiger partial charge >= 0.3 is 5.97 Å². The van der Waals surface area contributed by atoms with Crippen LogP contribution in [0.25, 0.3) is 0 Å². The minimum Gasteiger partial charge on any atom is -0.478 e. The molecule has 1 amide bonds. The third kappa shape index (κ3) is 5.87. The molecular formula is C21H22N4O3S2. The first-order valence-electron chi connectivity index (χ1n) is 9.34. The van der Waals surface area contributed by atoms with E-state index in [0.717, 1.165) is 12.4 Å². The van der Waals surface area contributed by atoms with Crippen LogP contribution in [0.4, 0.5) is 5.69 Å². The van der Waals surface area contributed by atoms with Gasteiger partial charge in [0.05, 0.1) is 17.1 Å². The predicted octanol–water partition coefficient (Wildman–Crippen LogP) is 4.33. The molecule has 2 N–H and O–H groups in total. The summed E-state index contributed by atoms with van der Waals surface area (Å²) >= 11 is 3.03. The number of carbonyl (C=O) groups excluding carboxylic acids is 1. The number of thioether (sulfide) groups is 2. The van der Waals surface area contributed by atoms with E-state index >= 15 is 0 Å². The van der Waals surface area contributed by atoms with Crippen LogP contribution >= 0.6 is 23.5 Å². The lowest BCUT2D eigenvalue weighted by Crippen LogP contribution is -2.15. The maximum absolute atomic E-state index is 12.2. The van der Waals surface area contributed by atoms with Gasteiger partial charge in [-0.1, -0.05) is 29.5 Å². The van der Waals surface area contributed by atoms with Crippen molar-refractivity contribution >= 4 is 41.1 Å². The Bertz CT molecular complexity index is 1020. The molecule has 7 nitrogen and oxygen atoms in total. The van der Waals surface area contributed by atoms with Gasteiger partial charge in [-0.2, -0.15) is 0 Å². The van der Waals surface area contributed by atoms with Gasteiger partial charge in [0.25, 0.3) is 0 Å². The maximum Gasteiger partial charge on any atom is 0.335 e. The van der Waals surface area contributed by atoms with Gasteiger partial charge in [-0.3, -0.25) is 4.79 Å².